The van der Waals surface area contributed by atoms with Gasteiger partial charge in [-0.05, 0) is 56.3 Å². The molecule has 2 N–H and O–H groups in total. The number of anilines is 2. The molecule has 2 fully saturated rings. The molecule has 0 bridgehead atoms. The Balaban J connectivity index is 0.00000208. The van der Waals surface area contributed by atoms with Gasteiger partial charge in [0, 0.05) is 12.2 Å². The van der Waals surface area contributed by atoms with Crippen molar-refractivity contribution in [3.63, 3.8) is 0 Å². The van der Waals surface area contributed by atoms with E-state index in [1.165, 1.54) is 17.1 Å². The monoisotopic (exact) mass is 373 g/mol. The topological polar surface area (TPSA) is 78.5 Å². The largest absolute Gasteiger partial charge is 0.325 e. The smallest absolute Gasteiger partial charge is 0.238 e. The van der Waals surface area contributed by atoms with E-state index in [1.54, 1.807) is 12.1 Å². The van der Waals surface area contributed by atoms with Gasteiger partial charge in [0.25, 0.3) is 0 Å². The average molecular weight is 374 g/mol. The molecular weight excluding hydrogens is 350 g/mol. The molecule has 2 aliphatic rings. The lowest BCUT2D eigenvalue weighted by molar-refractivity contribution is -0.115. The van der Waals surface area contributed by atoms with Crippen LogP contribution in [0.2, 0.25) is 0 Å². The van der Waals surface area contributed by atoms with Crippen LogP contribution in [0.1, 0.15) is 24.8 Å². The van der Waals surface area contributed by atoms with Crippen LogP contribution in [0.4, 0.5) is 11.4 Å². The van der Waals surface area contributed by atoms with Gasteiger partial charge in [-0.2, -0.15) is 0 Å². The second-order valence-electron chi connectivity index (χ2n) is 6.37. The summed E-state index contributed by atoms with van der Waals surface area (Å²) in [6, 6.07) is 5.40. The molecule has 1 aliphatic carbocycles. The lowest BCUT2D eigenvalue weighted by Crippen LogP contribution is -2.29. The fraction of sp³-hybridized carbons (Fsp3) is 0.562. The number of carbonyl (C=O) groups is 1. The minimum Gasteiger partial charge on any atom is -0.325 e. The molecule has 1 saturated carbocycles. The summed E-state index contributed by atoms with van der Waals surface area (Å²) in [6.45, 7) is 3.55. The molecule has 1 aromatic rings. The minimum absolute atomic E-state index is 0. The van der Waals surface area contributed by atoms with E-state index in [1.807, 2.05) is 13.0 Å². The zero-order chi connectivity index (χ0) is 16.4. The van der Waals surface area contributed by atoms with E-state index >= 15 is 0 Å². The molecule has 0 spiro atoms. The van der Waals surface area contributed by atoms with Gasteiger partial charge in [-0.1, -0.05) is 6.07 Å². The van der Waals surface area contributed by atoms with E-state index in [0.29, 0.717) is 24.3 Å². The molecule has 1 saturated heterocycles. The molecule has 1 aliphatic heterocycles. The Labute approximate surface area is 149 Å². The SMILES string of the molecule is Cc1ccc(NC(=O)CNCC2CC2)cc1N1CCCS1(=O)=O.Cl. The normalized spacial score (nSPS) is 19.0. The first-order valence-electron chi connectivity index (χ1n) is 8.07. The quantitative estimate of drug-likeness (QED) is 0.798. The second-order valence-corrected chi connectivity index (χ2v) is 8.38. The third kappa shape index (κ3) is 4.62. The molecule has 1 amide bonds. The Morgan fingerprint density at radius 2 is 2.08 bits per heavy atom. The van der Waals surface area contributed by atoms with E-state index in [-0.39, 0.29) is 30.6 Å². The summed E-state index contributed by atoms with van der Waals surface area (Å²) in [4.78, 5) is 12.0. The summed E-state index contributed by atoms with van der Waals surface area (Å²) in [5, 5.41) is 5.97. The Hall–Kier alpha value is -1.31. The van der Waals surface area contributed by atoms with Gasteiger partial charge in [-0.15, -0.1) is 12.4 Å². The van der Waals surface area contributed by atoms with Crippen molar-refractivity contribution in [2.75, 3.05) is 35.0 Å². The number of hydrogen-bond donors (Lipinski definition) is 2. The zero-order valence-corrected chi connectivity index (χ0v) is 15.4. The number of aryl methyl sites for hydroxylation is 1. The first-order valence-corrected chi connectivity index (χ1v) is 9.68. The predicted molar refractivity (Wildman–Crippen MR) is 98.4 cm³/mol. The summed E-state index contributed by atoms with van der Waals surface area (Å²) in [7, 11) is -3.22. The molecule has 1 heterocycles. The van der Waals surface area contributed by atoms with E-state index < -0.39 is 10.0 Å². The number of hydrogen-bond acceptors (Lipinski definition) is 4. The fourth-order valence-corrected chi connectivity index (χ4v) is 4.40. The van der Waals surface area contributed by atoms with Crippen molar-refractivity contribution >= 4 is 39.7 Å². The second kappa shape index (κ2) is 7.72. The Morgan fingerprint density at radius 1 is 1.33 bits per heavy atom. The number of nitrogens with one attached hydrogen (secondary N) is 2. The molecule has 134 valence electrons. The lowest BCUT2D eigenvalue weighted by atomic mass is 10.1. The molecule has 0 atom stereocenters. The average Bonchev–Trinajstić information content (AvgIpc) is 3.24. The summed E-state index contributed by atoms with van der Waals surface area (Å²) in [5.41, 5.74) is 2.18. The Bertz CT molecular complexity index is 705. The van der Waals surface area contributed by atoms with Gasteiger partial charge < -0.3 is 10.6 Å². The molecule has 24 heavy (non-hydrogen) atoms. The highest BCUT2D eigenvalue weighted by atomic mass is 35.5. The van der Waals surface area contributed by atoms with Crippen LogP contribution in [0.25, 0.3) is 0 Å². The number of amides is 1. The van der Waals surface area contributed by atoms with Crippen molar-refractivity contribution in [3.05, 3.63) is 23.8 Å². The molecule has 3 rings (SSSR count). The van der Waals surface area contributed by atoms with Crippen molar-refractivity contribution in [3.8, 4) is 0 Å². The number of carbonyl (C=O) groups excluding carboxylic acids is 1. The zero-order valence-electron chi connectivity index (χ0n) is 13.7. The van der Waals surface area contributed by atoms with Gasteiger partial charge in [0.2, 0.25) is 15.9 Å². The predicted octanol–water partition coefficient (Wildman–Crippen LogP) is 1.89. The van der Waals surface area contributed by atoms with Crippen LogP contribution in [-0.2, 0) is 14.8 Å². The van der Waals surface area contributed by atoms with Crippen molar-refractivity contribution in [1.82, 2.24) is 5.32 Å². The molecule has 0 aromatic heterocycles. The maximum atomic E-state index is 12.1. The number of nitrogens with zero attached hydrogens (tertiary/aromatic N) is 1. The summed E-state index contributed by atoms with van der Waals surface area (Å²) in [5.74, 6) is 0.813. The van der Waals surface area contributed by atoms with Gasteiger partial charge >= 0.3 is 0 Å². The van der Waals surface area contributed by atoms with Crippen LogP contribution < -0.4 is 14.9 Å². The number of benzene rings is 1. The van der Waals surface area contributed by atoms with Crippen LogP contribution in [0, 0.1) is 12.8 Å². The van der Waals surface area contributed by atoms with Crippen molar-refractivity contribution in [1.29, 1.82) is 0 Å². The Kier molecular flexibility index (Phi) is 6.11. The van der Waals surface area contributed by atoms with Crippen molar-refractivity contribution < 1.29 is 13.2 Å². The van der Waals surface area contributed by atoms with Crippen LogP contribution in [0.3, 0.4) is 0 Å². The molecule has 6 nitrogen and oxygen atoms in total. The third-order valence-electron chi connectivity index (χ3n) is 4.28. The summed E-state index contributed by atoms with van der Waals surface area (Å²) >= 11 is 0. The van der Waals surface area contributed by atoms with Crippen molar-refractivity contribution in [2.45, 2.75) is 26.2 Å². The Morgan fingerprint density at radius 3 is 2.71 bits per heavy atom. The maximum Gasteiger partial charge on any atom is 0.238 e. The van der Waals surface area contributed by atoms with E-state index in [9.17, 15) is 13.2 Å². The van der Waals surface area contributed by atoms with Gasteiger partial charge in [-0.3, -0.25) is 9.10 Å². The maximum absolute atomic E-state index is 12.1. The number of halogens is 1. The van der Waals surface area contributed by atoms with Gasteiger partial charge in [0.15, 0.2) is 0 Å². The minimum atomic E-state index is -3.22. The molecule has 0 radical (unpaired) electrons. The summed E-state index contributed by atoms with van der Waals surface area (Å²) < 4.78 is 25.6. The van der Waals surface area contributed by atoms with E-state index in [2.05, 4.69) is 10.6 Å². The van der Waals surface area contributed by atoms with Gasteiger partial charge in [0.05, 0.1) is 18.0 Å². The highest BCUT2D eigenvalue weighted by molar-refractivity contribution is 7.93. The number of sulfonamides is 1. The van der Waals surface area contributed by atoms with Gasteiger partial charge in [-0.25, -0.2) is 8.42 Å². The molecular formula is C16H24ClN3O3S. The highest BCUT2D eigenvalue weighted by Gasteiger charge is 2.29. The van der Waals surface area contributed by atoms with E-state index in [0.717, 1.165) is 18.0 Å². The van der Waals surface area contributed by atoms with E-state index in [4.69, 9.17) is 0 Å². The summed E-state index contributed by atoms with van der Waals surface area (Å²) in [6.07, 6.45) is 3.14. The van der Waals surface area contributed by atoms with Crippen LogP contribution in [0.15, 0.2) is 18.2 Å². The molecule has 8 heteroatoms. The first kappa shape index (κ1) is 19.0. The lowest BCUT2D eigenvalue weighted by Gasteiger charge is -2.20. The first-order chi connectivity index (χ1) is 11.0. The van der Waals surface area contributed by atoms with Crippen LogP contribution in [0.5, 0.6) is 0 Å². The highest BCUT2D eigenvalue weighted by Crippen LogP contribution is 2.30. The van der Waals surface area contributed by atoms with Crippen LogP contribution in [-0.4, -0.2) is 39.7 Å². The van der Waals surface area contributed by atoms with Crippen LogP contribution >= 0.6 is 12.4 Å². The standard InChI is InChI=1S/C16H23N3O3S.ClH/c1-12-3-6-14(18-16(20)11-17-10-13-4-5-13)9-15(12)19-7-2-8-23(19,21)22;/h3,6,9,13,17H,2,4-5,7-8,10-11H2,1H3,(H,18,20);1H. The third-order valence-corrected chi connectivity index (χ3v) is 6.13. The number of rotatable bonds is 6. The van der Waals surface area contributed by atoms with Gasteiger partial charge in [0.1, 0.15) is 0 Å². The molecule has 0 unspecified atom stereocenters. The molecule has 1 aromatic carbocycles. The fourth-order valence-electron chi connectivity index (χ4n) is 2.78. The van der Waals surface area contributed by atoms with Crippen molar-refractivity contribution in [2.24, 2.45) is 5.92 Å².